The Morgan fingerprint density at radius 2 is 1.83 bits per heavy atom. The first-order valence-corrected chi connectivity index (χ1v) is 9.92. The highest BCUT2D eigenvalue weighted by Gasteiger charge is 2.33. The number of nitrogens with one attached hydrogen (secondary N) is 2. The van der Waals surface area contributed by atoms with Crippen LogP contribution in [0, 0.1) is 6.92 Å². The molecule has 2 N–H and O–H groups in total. The fourth-order valence-corrected chi connectivity index (χ4v) is 3.13. The average Bonchev–Trinajstić information content (AvgIpc) is 3.14. The van der Waals surface area contributed by atoms with Gasteiger partial charge in [0.2, 0.25) is 0 Å². The second-order valence-corrected chi connectivity index (χ2v) is 7.11. The summed E-state index contributed by atoms with van der Waals surface area (Å²) < 4.78 is 43.3. The number of rotatable bonds is 9. The molecule has 2 rings (SSSR count). The number of unbranched alkanes of at least 4 members (excludes halogenated alkanes) is 1. The van der Waals surface area contributed by atoms with Crippen LogP contribution < -0.4 is 15.4 Å². The lowest BCUT2D eigenvalue weighted by atomic mass is 10.2. The second-order valence-electron chi connectivity index (χ2n) is 6.17. The van der Waals surface area contributed by atoms with E-state index in [1.807, 2.05) is 31.2 Å². The number of thiazole rings is 1. The molecule has 0 aliphatic carbocycles. The predicted molar refractivity (Wildman–Crippen MR) is 122 cm³/mol. The molecule has 0 unspecified atom stereocenters. The molecule has 5 nitrogen and oxygen atoms in total. The van der Waals surface area contributed by atoms with E-state index in [0.29, 0.717) is 30.5 Å². The minimum Gasteiger partial charge on any atom is -0.494 e. The molecule has 0 spiro atoms. The standard InChI is InChI=1S/C19H25F3N4OS.HI/c1-14-5-7-15(8-6-14)27-12-4-3-10-24-18(23-2)25-11-9-17-26-16(13-28-17)19(20,21)22;/h5-8,13H,3-4,9-12H2,1-2H3,(H2,23,24,25);1H. The number of ether oxygens (including phenoxy) is 1. The number of alkyl halides is 3. The lowest BCUT2D eigenvalue weighted by molar-refractivity contribution is -0.140. The van der Waals surface area contributed by atoms with Crippen LogP contribution in [-0.2, 0) is 12.6 Å². The summed E-state index contributed by atoms with van der Waals surface area (Å²) in [5, 5.41) is 7.75. The quantitative estimate of drug-likeness (QED) is 0.210. The van der Waals surface area contributed by atoms with Gasteiger partial charge in [-0.1, -0.05) is 17.7 Å². The Kier molecular flexibility index (Phi) is 11.3. The highest BCUT2D eigenvalue weighted by atomic mass is 127. The smallest absolute Gasteiger partial charge is 0.434 e. The molecule has 0 saturated carbocycles. The number of hydrogen-bond acceptors (Lipinski definition) is 4. The molecule has 29 heavy (non-hydrogen) atoms. The summed E-state index contributed by atoms with van der Waals surface area (Å²) >= 11 is 1.02. The van der Waals surface area contributed by atoms with Gasteiger partial charge in [0, 0.05) is 31.9 Å². The first-order valence-electron chi connectivity index (χ1n) is 9.04. The van der Waals surface area contributed by atoms with Crippen LogP contribution in [0.15, 0.2) is 34.6 Å². The molecule has 0 fully saturated rings. The first kappa shape index (κ1) is 25.5. The van der Waals surface area contributed by atoms with E-state index in [2.05, 4.69) is 20.6 Å². The summed E-state index contributed by atoms with van der Waals surface area (Å²) in [5.41, 5.74) is 0.369. The zero-order valence-electron chi connectivity index (χ0n) is 16.4. The van der Waals surface area contributed by atoms with Gasteiger partial charge in [-0.3, -0.25) is 4.99 Å². The third-order valence-electron chi connectivity index (χ3n) is 3.85. The number of aromatic nitrogens is 1. The van der Waals surface area contributed by atoms with Crippen molar-refractivity contribution in [2.45, 2.75) is 32.4 Å². The third-order valence-corrected chi connectivity index (χ3v) is 4.76. The van der Waals surface area contributed by atoms with Crippen molar-refractivity contribution in [2.24, 2.45) is 4.99 Å². The van der Waals surface area contributed by atoms with Crippen LogP contribution >= 0.6 is 35.3 Å². The monoisotopic (exact) mass is 542 g/mol. The van der Waals surface area contributed by atoms with Crippen LogP contribution in [0.5, 0.6) is 5.75 Å². The Hall–Kier alpha value is -1.56. The summed E-state index contributed by atoms with van der Waals surface area (Å²) in [6.45, 7) is 3.86. The zero-order chi connectivity index (χ0) is 20.4. The lowest BCUT2D eigenvalue weighted by Crippen LogP contribution is -2.38. The van der Waals surface area contributed by atoms with Gasteiger partial charge < -0.3 is 15.4 Å². The van der Waals surface area contributed by atoms with Gasteiger partial charge in [-0.2, -0.15) is 13.2 Å². The van der Waals surface area contributed by atoms with Crippen molar-refractivity contribution >= 4 is 41.3 Å². The Morgan fingerprint density at radius 1 is 1.14 bits per heavy atom. The minimum absolute atomic E-state index is 0. The lowest BCUT2D eigenvalue weighted by Gasteiger charge is -2.11. The van der Waals surface area contributed by atoms with E-state index >= 15 is 0 Å². The SMILES string of the molecule is CN=C(NCCCCOc1ccc(C)cc1)NCCc1nc(C(F)(F)F)cs1.I. The maximum absolute atomic E-state index is 12.5. The van der Waals surface area contributed by atoms with Crippen molar-refractivity contribution in [1.82, 2.24) is 15.6 Å². The molecular weight excluding hydrogens is 516 g/mol. The Labute approximate surface area is 190 Å². The predicted octanol–water partition coefficient (Wildman–Crippen LogP) is 4.66. The highest BCUT2D eigenvalue weighted by Crippen LogP contribution is 2.29. The minimum atomic E-state index is -4.39. The number of halogens is 4. The fraction of sp³-hybridized carbons (Fsp3) is 0.474. The number of nitrogens with zero attached hydrogens (tertiary/aromatic N) is 2. The number of guanidine groups is 1. The van der Waals surface area contributed by atoms with Gasteiger partial charge in [0.1, 0.15) is 5.75 Å². The van der Waals surface area contributed by atoms with Crippen LogP contribution in [0.4, 0.5) is 13.2 Å². The van der Waals surface area contributed by atoms with Gasteiger partial charge in [0.15, 0.2) is 11.7 Å². The molecular formula is C19H26F3IN4OS. The van der Waals surface area contributed by atoms with Crippen molar-refractivity contribution in [1.29, 1.82) is 0 Å². The van der Waals surface area contributed by atoms with Gasteiger partial charge >= 0.3 is 6.18 Å². The molecule has 10 heteroatoms. The number of aryl methyl sites for hydroxylation is 1. The first-order chi connectivity index (χ1) is 13.4. The van der Waals surface area contributed by atoms with Crippen LogP contribution in [0.25, 0.3) is 0 Å². The summed E-state index contributed by atoms with van der Waals surface area (Å²) in [4.78, 5) is 7.71. The second kappa shape index (κ2) is 12.9. The molecule has 0 aliphatic heterocycles. The van der Waals surface area contributed by atoms with Gasteiger partial charge in [-0.05, 0) is 31.9 Å². The van der Waals surface area contributed by atoms with Crippen LogP contribution in [-0.4, -0.2) is 37.7 Å². The molecule has 0 amide bonds. The topological polar surface area (TPSA) is 58.5 Å². The van der Waals surface area contributed by atoms with E-state index < -0.39 is 11.9 Å². The molecule has 1 heterocycles. The molecule has 0 atom stereocenters. The molecule has 1 aromatic heterocycles. The summed E-state index contributed by atoms with van der Waals surface area (Å²) in [7, 11) is 1.65. The normalized spacial score (nSPS) is 11.7. The molecule has 0 bridgehead atoms. The third kappa shape index (κ3) is 9.66. The molecule has 2 aromatic rings. The van der Waals surface area contributed by atoms with E-state index in [4.69, 9.17) is 4.74 Å². The Bertz CT molecular complexity index is 751. The van der Waals surface area contributed by atoms with Gasteiger partial charge in [-0.25, -0.2) is 4.98 Å². The molecule has 0 radical (unpaired) electrons. The van der Waals surface area contributed by atoms with Gasteiger partial charge in [-0.15, -0.1) is 35.3 Å². The largest absolute Gasteiger partial charge is 0.494 e. The molecule has 0 aliphatic rings. The van der Waals surface area contributed by atoms with Gasteiger partial charge in [0.25, 0.3) is 0 Å². The zero-order valence-corrected chi connectivity index (χ0v) is 19.5. The van der Waals surface area contributed by atoms with E-state index in [1.54, 1.807) is 7.05 Å². The van der Waals surface area contributed by atoms with E-state index in [9.17, 15) is 13.2 Å². The van der Waals surface area contributed by atoms with E-state index in [-0.39, 0.29) is 24.0 Å². The van der Waals surface area contributed by atoms with Crippen LogP contribution in [0.2, 0.25) is 0 Å². The highest BCUT2D eigenvalue weighted by molar-refractivity contribution is 14.0. The van der Waals surface area contributed by atoms with Gasteiger partial charge in [0.05, 0.1) is 11.6 Å². The van der Waals surface area contributed by atoms with Crippen molar-refractivity contribution in [3.05, 3.63) is 45.9 Å². The number of benzene rings is 1. The van der Waals surface area contributed by atoms with E-state index in [0.717, 1.165) is 41.9 Å². The van der Waals surface area contributed by atoms with Crippen molar-refractivity contribution in [2.75, 3.05) is 26.7 Å². The summed E-state index contributed by atoms with van der Waals surface area (Å²) in [6.07, 6.45) is -2.17. The van der Waals surface area contributed by atoms with Crippen molar-refractivity contribution in [3.8, 4) is 5.75 Å². The Balaban J connectivity index is 0.00000420. The molecule has 0 saturated heterocycles. The Morgan fingerprint density at radius 3 is 2.45 bits per heavy atom. The van der Waals surface area contributed by atoms with Crippen molar-refractivity contribution in [3.63, 3.8) is 0 Å². The van der Waals surface area contributed by atoms with Crippen LogP contribution in [0.3, 0.4) is 0 Å². The number of hydrogen-bond donors (Lipinski definition) is 2. The number of aliphatic imine (C=N–C) groups is 1. The summed E-state index contributed by atoms with van der Waals surface area (Å²) in [5.74, 6) is 1.49. The van der Waals surface area contributed by atoms with E-state index in [1.165, 1.54) is 5.56 Å². The molecule has 162 valence electrons. The average molecular weight is 542 g/mol. The van der Waals surface area contributed by atoms with Crippen LogP contribution in [0.1, 0.15) is 29.1 Å². The fourth-order valence-electron chi connectivity index (χ4n) is 2.32. The van der Waals surface area contributed by atoms with Crippen molar-refractivity contribution < 1.29 is 17.9 Å². The summed E-state index contributed by atoms with van der Waals surface area (Å²) in [6, 6.07) is 7.95. The maximum atomic E-state index is 12.5. The molecule has 1 aromatic carbocycles. The maximum Gasteiger partial charge on any atom is 0.434 e.